The molecule has 0 bridgehead atoms. The molecule has 8 heteroatoms. The molecule has 2 N–H and O–H groups in total. The van der Waals surface area contributed by atoms with Crippen LogP contribution in [0.4, 0.5) is 11.6 Å². The molecule has 0 radical (unpaired) electrons. The number of hydrogen-bond donors (Lipinski definition) is 2. The summed E-state index contributed by atoms with van der Waals surface area (Å²) < 4.78 is 6.76. The van der Waals surface area contributed by atoms with Gasteiger partial charge >= 0.3 is 0 Å². The highest BCUT2D eigenvalue weighted by Crippen LogP contribution is 2.25. The highest BCUT2D eigenvalue weighted by Gasteiger charge is 2.27. The van der Waals surface area contributed by atoms with Crippen LogP contribution >= 0.6 is 0 Å². The molecule has 29 heavy (non-hydrogen) atoms. The molecule has 4 rings (SSSR count). The molecule has 0 fully saturated rings. The van der Waals surface area contributed by atoms with E-state index >= 15 is 0 Å². The normalized spacial score (nSPS) is 15.1. The van der Waals surface area contributed by atoms with Gasteiger partial charge in [-0.1, -0.05) is 13.0 Å². The number of fused-ring (bicyclic) bond motifs is 1. The van der Waals surface area contributed by atoms with Crippen LogP contribution in [0.25, 0.3) is 0 Å². The largest absolute Gasteiger partial charge is 0.497 e. The van der Waals surface area contributed by atoms with Crippen molar-refractivity contribution in [3.63, 3.8) is 0 Å². The summed E-state index contributed by atoms with van der Waals surface area (Å²) in [5, 5.41) is 6.38. The monoisotopic (exact) mass is 390 g/mol. The standard InChI is InChI=1S/C21H22N6O2/c1-4-16-13(2)23-21-26-20(24-14-8-10-15(29-3)11-9-14)25-18(27(21)19(16)28)17-7-5-6-12-22-17/h5-12,18H,4H2,1-3H3,(H2,23,24,25,26). The summed E-state index contributed by atoms with van der Waals surface area (Å²) in [4.78, 5) is 26.9. The third kappa shape index (κ3) is 3.56. The lowest BCUT2D eigenvalue weighted by atomic mass is 10.2. The van der Waals surface area contributed by atoms with Gasteiger partial charge in [-0.2, -0.15) is 0 Å². The molecule has 0 saturated carbocycles. The fraction of sp³-hybridized carbons (Fsp3) is 0.238. The van der Waals surface area contributed by atoms with E-state index in [0.29, 0.717) is 35.3 Å². The predicted molar refractivity (Wildman–Crippen MR) is 113 cm³/mol. The van der Waals surface area contributed by atoms with Gasteiger partial charge in [0, 0.05) is 23.1 Å². The number of benzene rings is 1. The Morgan fingerprint density at radius 1 is 1.21 bits per heavy atom. The van der Waals surface area contributed by atoms with Crippen LogP contribution < -0.4 is 20.9 Å². The Labute approximate surface area is 168 Å². The van der Waals surface area contributed by atoms with Crippen molar-refractivity contribution in [2.45, 2.75) is 26.4 Å². The molecule has 0 amide bonds. The third-order valence-corrected chi connectivity index (χ3v) is 4.80. The number of rotatable bonds is 4. The molecule has 1 aromatic carbocycles. The van der Waals surface area contributed by atoms with Crippen molar-refractivity contribution >= 4 is 17.6 Å². The van der Waals surface area contributed by atoms with Gasteiger partial charge in [-0.25, -0.2) is 14.5 Å². The second kappa shape index (κ2) is 7.75. The molecule has 1 atom stereocenters. The van der Waals surface area contributed by atoms with Crippen LogP contribution in [0.5, 0.6) is 5.75 Å². The minimum absolute atomic E-state index is 0.106. The first-order chi connectivity index (χ1) is 14.1. The number of hydrogen-bond acceptors (Lipinski definition) is 7. The maximum absolute atomic E-state index is 13.1. The molecule has 1 aliphatic rings. The number of pyridine rings is 1. The van der Waals surface area contributed by atoms with Gasteiger partial charge in [0.05, 0.1) is 12.8 Å². The Kier molecular flexibility index (Phi) is 4.99. The zero-order valence-electron chi connectivity index (χ0n) is 16.5. The number of aliphatic imine (C=N–C) groups is 1. The quantitative estimate of drug-likeness (QED) is 0.711. The minimum Gasteiger partial charge on any atom is -0.497 e. The highest BCUT2D eigenvalue weighted by molar-refractivity contribution is 6.03. The molecule has 0 aliphatic carbocycles. The van der Waals surface area contributed by atoms with Gasteiger partial charge in [0.2, 0.25) is 11.9 Å². The Balaban J connectivity index is 1.78. The van der Waals surface area contributed by atoms with E-state index in [9.17, 15) is 4.79 Å². The molecule has 8 nitrogen and oxygen atoms in total. The van der Waals surface area contributed by atoms with E-state index in [1.165, 1.54) is 0 Å². The molecule has 1 aliphatic heterocycles. The summed E-state index contributed by atoms with van der Waals surface area (Å²) in [6, 6.07) is 13.1. The van der Waals surface area contributed by atoms with Crippen molar-refractivity contribution < 1.29 is 4.74 Å². The van der Waals surface area contributed by atoms with E-state index in [1.807, 2.05) is 56.3 Å². The number of ether oxygens (including phenoxy) is 1. The lowest BCUT2D eigenvalue weighted by Gasteiger charge is -2.27. The summed E-state index contributed by atoms with van der Waals surface area (Å²) in [7, 11) is 1.62. The van der Waals surface area contributed by atoms with Crippen molar-refractivity contribution in [3.8, 4) is 5.75 Å². The van der Waals surface area contributed by atoms with Gasteiger partial charge in [0.15, 0.2) is 6.17 Å². The van der Waals surface area contributed by atoms with Crippen molar-refractivity contribution in [2.24, 2.45) is 4.99 Å². The highest BCUT2D eigenvalue weighted by atomic mass is 16.5. The lowest BCUT2D eigenvalue weighted by Crippen LogP contribution is -2.39. The maximum Gasteiger partial charge on any atom is 0.260 e. The Morgan fingerprint density at radius 2 is 2.00 bits per heavy atom. The summed E-state index contributed by atoms with van der Waals surface area (Å²) in [5.74, 6) is 1.69. The number of anilines is 2. The summed E-state index contributed by atoms with van der Waals surface area (Å²) in [6.07, 6.45) is 1.68. The molecule has 148 valence electrons. The number of nitrogens with one attached hydrogen (secondary N) is 2. The zero-order valence-corrected chi connectivity index (χ0v) is 16.5. The molecule has 3 aromatic rings. The van der Waals surface area contributed by atoms with Crippen LogP contribution in [-0.4, -0.2) is 27.6 Å². The molecule has 2 aromatic heterocycles. The molecule has 1 unspecified atom stereocenters. The van der Waals surface area contributed by atoms with Crippen LogP contribution in [0.3, 0.4) is 0 Å². The van der Waals surface area contributed by atoms with Gasteiger partial charge in [-0.05, 0) is 49.7 Å². The van der Waals surface area contributed by atoms with Gasteiger partial charge in [0.1, 0.15) is 5.75 Å². The van der Waals surface area contributed by atoms with Gasteiger partial charge in [-0.3, -0.25) is 15.1 Å². The van der Waals surface area contributed by atoms with Crippen LogP contribution in [0.15, 0.2) is 58.4 Å². The fourth-order valence-corrected chi connectivity index (χ4v) is 3.32. The summed E-state index contributed by atoms with van der Waals surface area (Å²) in [6.45, 7) is 3.80. The van der Waals surface area contributed by atoms with Crippen molar-refractivity contribution in [3.05, 3.63) is 76.0 Å². The Bertz CT molecular complexity index is 1110. The first-order valence-electron chi connectivity index (χ1n) is 9.39. The van der Waals surface area contributed by atoms with Crippen LogP contribution in [0.2, 0.25) is 0 Å². The summed E-state index contributed by atoms with van der Waals surface area (Å²) >= 11 is 0. The average molecular weight is 390 g/mol. The number of guanidine groups is 1. The number of nitrogens with zero attached hydrogens (tertiary/aromatic N) is 4. The van der Waals surface area contributed by atoms with Gasteiger partial charge < -0.3 is 10.1 Å². The van der Waals surface area contributed by atoms with Gasteiger partial charge in [-0.15, -0.1) is 0 Å². The number of methoxy groups -OCH3 is 1. The fourth-order valence-electron chi connectivity index (χ4n) is 3.32. The Hall–Kier alpha value is -3.68. The van der Waals surface area contributed by atoms with Gasteiger partial charge in [0.25, 0.3) is 5.56 Å². The second-order valence-electron chi connectivity index (χ2n) is 6.61. The van der Waals surface area contributed by atoms with E-state index in [1.54, 1.807) is 17.9 Å². The molecular formula is C21H22N6O2. The second-order valence-corrected chi connectivity index (χ2v) is 6.61. The minimum atomic E-state index is -0.612. The lowest BCUT2D eigenvalue weighted by molar-refractivity contribution is 0.415. The topological polar surface area (TPSA) is 93.4 Å². The van der Waals surface area contributed by atoms with E-state index in [-0.39, 0.29) is 5.56 Å². The van der Waals surface area contributed by atoms with Crippen molar-refractivity contribution in [1.29, 1.82) is 0 Å². The summed E-state index contributed by atoms with van der Waals surface area (Å²) in [5.41, 5.74) is 2.78. The molecule has 3 heterocycles. The van der Waals surface area contributed by atoms with Crippen LogP contribution in [-0.2, 0) is 6.42 Å². The van der Waals surface area contributed by atoms with E-state index in [2.05, 4.69) is 20.6 Å². The zero-order chi connectivity index (χ0) is 20.4. The molecule has 0 saturated heterocycles. The Morgan fingerprint density at radius 3 is 2.66 bits per heavy atom. The van der Waals surface area contributed by atoms with Crippen molar-refractivity contribution in [2.75, 3.05) is 17.7 Å². The third-order valence-electron chi connectivity index (χ3n) is 4.80. The predicted octanol–water partition coefficient (Wildman–Crippen LogP) is 2.96. The van der Waals surface area contributed by atoms with Crippen molar-refractivity contribution in [1.82, 2.24) is 14.5 Å². The molecular weight excluding hydrogens is 368 g/mol. The van der Waals surface area contributed by atoms with Crippen LogP contribution in [0, 0.1) is 6.92 Å². The van der Waals surface area contributed by atoms with E-state index < -0.39 is 6.17 Å². The number of aryl methyl sites for hydroxylation is 1. The number of aromatic nitrogens is 3. The first kappa shape index (κ1) is 18.7. The van der Waals surface area contributed by atoms with E-state index in [0.717, 1.165) is 11.4 Å². The average Bonchev–Trinajstić information content (AvgIpc) is 2.74. The smallest absolute Gasteiger partial charge is 0.260 e. The first-order valence-corrected chi connectivity index (χ1v) is 9.39. The van der Waals surface area contributed by atoms with E-state index in [4.69, 9.17) is 9.73 Å². The molecule has 0 spiro atoms. The van der Waals surface area contributed by atoms with Crippen LogP contribution in [0.1, 0.15) is 30.0 Å². The maximum atomic E-state index is 13.1. The SMILES string of the molecule is CCc1c(C)nc2n(c1=O)C(c1ccccn1)N=C(Nc1ccc(OC)cc1)N2.